The van der Waals surface area contributed by atoms with Gasteiger partial charge in [-0.1, -0.05) is 61.0 Å². The van der Waals surface area contributed by atoms with Crippen LogP contribution in [0, 0.1) is 19.8 Å². The van der Waals surface area contributed by atoms with Gasteiger partial charge in [-0.15, -0.1) is 12.4 Å². The van der Waals surface area contributed by atoms with Gasteiger partial charge in [0.05, 0.1) is 6.21 Å². The van der Waals surface area contributed by atoms with Crippen molar-refractivity contribution in [3.05, 3.63) is 100 Å². The molecule has 0 bridgehead atoms. The molecule has 0 amide bonds. The van der Waals surface area contributed by atoms with Crippen molar-refractivity contribution in [1.29, 1.82) is 0 Å². The Balaban J connectivity index is 0.00000368. The Kier molecular flexibility index (Phi) is 9.48. The monoisotopic (exact) mass is 614 g/mol. The van der Waals surface area contributed by atoms with Gasteiger partial charge in [-0.2, -0.15) is 20.1 Å². The van der Waals surface area contributed by atoms with E-state index in [1.54, 1.807) is 0 Å². The molecule has 8 nitrogen and oxygen atoms in total. The van der Waals surface area contributed by atoms with Crippen LogP contribution in [0.3, 0.4) is 0 Å². The van der Waals surface area contributed by atoms with E-state index in [1.807, 2.05) is 36.5 Å². The van der Waals surface area contributed by atoms with E-state index >= 15 is 0 Å². The van der Waals surface area contributed by atoms with Crippen LogP contribution in [0.2, 0.25) is 5.02 Å². The summed E-state index contributed by atoms with van der Waals surface area (Å²) in [6.07, 6.45) is 6.18. The normalized spacial score (nSPS) is 13.8. The SMILES string of the molecule is Cc1cccc(Nc2nc(N/N=C/c3cn(Cc4ccc(Cl)cc4)c4ccccc34)nc(N3CCC(C)CC3)n2)c1C.Cl. The van der Waals surface area contributed by atoms with Gasteiger partial charge < -0.3 is 14.8 Å². The average molecular weight is 616 g/mol. The molecule has 5 aromatic rings. The number of rotatable bonds is 8. The molecule has 1 aliphatic heterocycles. The predicted molar refractivity (Wildman–Crippen MR) is 181 cm³/mol. The highest BCUT2D eigenvalue weighted by Gasteiger charge is 2.20. The third kappa shape index (κ3) is 7.09. The van der Waals surface area contributed by atoms with Crippen molar-refractivity contribution < 1.29 is 0 Å². The molecule has 0 aliphatic carbocycles. The van der Waals surface area contributed by atoms with Crippen molar-refractivity contribution in [2.45, 2.75) is 40.2 Å². The zero-order valence-electron chi connectivity index (χ0n) is 24.6. The van der Waals surface area contributed by atoms with E-state index in [-0.39, 0.29) is 12.4 Å². The highest BCUT2D eigenvalue weighted by molar-refractivity contribution is 6.30. The van der Waals surface area contributed by atoms with E-state index in [9.17, 15) is 0 Å². The molecule has 2 aromatic heterocycles. The molecule has 0 radical (unpaired) electrons. The van der Waals surface area contributed by atoms with Crippen LogP contribution in [0.25, 0.3) is 10.9 Å². The number of anilines is 4. The molecule has 1 aliphatic rings. The molecule has 0 spiro atoms. The molecule has 222 valence electrons. The number of piperidine rings is 1. The van der Waals surface area contributed by atoms with Crippen LogP contribution in [0.5, 0.6) is 0 Å². The van der Waals surface area contributed by atoms with E-state index < -0.39 is 0 Å². The first-order valence-corrected chi connectivity index (χ1v) is 14.8. The summed E-state index contributed by atoms with van der Waals surface area (Å²) in [7, 11) is 0. The predicted octanol–water partition coefficient (Wildman–Crippen LogP) is 7.99. The summed E-state index contributed by atoms with van der Waals surface area (Å²) >= 11 is 6.09. The standard InChI is InChI=1S/C33H35ClN8.ClH/c1-22-15-17-41(18-16-22)33-38-31(36-29-9-6-7-23(2)24(29)3)37-32(39-33)40-35-19-26-21-42(30-10-5-4-8-28(26)30)20-25-11-13-27(34)14-12-25;/h4-14,19,21-22H,15-18,20H2,1-3H3,(H2,36,37,38,39,40);1H/b35-19+;. The fourth-order valence-electron chi connectivity index (χ4n) is 5.28. The zero-order valence-corrected chi connectivity index (χ0v) is 26.2. The topological polar surface area (TPSA) is 83.3 Å². The van der Waals surface area contributed by atoms with Crippen LogP contribution in [0.15, 0.2) is 78.0 Å². The molecule has 6 rings (SSSR count). The number of nitrogens with one attached hydrogen (secondary N) is 2. The summed E-state index contributed by atoms with van der Waals surface area (Å²) in [5.74, 6) is 2.25. The molecule has 10 heteroatoms. The van der Waals surface area contributed by atoms with E-state index in [4.69, 9.17) is 21.6 Å². The summed E-state index contributed by atoms with van der Waals surface area (Å²) in [5.41, 5.74) is 9.73. The fraction of sp³-hybridized carbons (Fsp3) is 0.273. The van der Waals surface area contributed by atoms with E-state index in [0.717, 1.165) is 65.2 Å². The summed E-state index contributed by atoms with van der Waals surface area (Å²) in [5, 5.41) is 9.83. The zero-order chi connectivity index (χ0) is 29.1. The number of hydrazone groups is 1. The Bertz CT molecular complexity index is 1720. The van der Waals surface area contributed by atoms with Crippen molar-refractivity contribution in [3.8, 4) is 0 Å². The van der Waals surface area contributed by atoms with Gasteiger partial charge >= 0.3 is 0 Å². The lowest BCUT2D eigenvalue weighted by Gasteiger charge is -2.30. The van der Waals surface area contributed by atoms with Gasteiger partial charge in [-0.25, -0.2) is 5.43 Å². The lowest BCUT2D eigenvalue weighted by atomic mass is 10.00. The van der Waals surface area contributed by atoms with Gasteiger partial charge in [-0.3, -0.25) is 0 Å². The van der Waals surface area contributed by atoms with Crippen molar-refractivity contribution in [2.75, 3.05) is 28.7 Å². The molecule has 0 atom stereocenters. The van der Waals surface area contributed by atoms with Crippen molar-refractivity contribution in [1.82, 2.24) is 19.5 Å². The number of para-hydroxylation sites is 1. The molecule has 0 unspecified atom stereocenters. The van der Waals surface area contributed by atoms with Gasteiger partial charge in [0, 0.05) is 53.0 Å². The van der Waals surface area contributed by atoms with Crippen LogP contribution >= 0.6 is 24.0 Å². The lowest BCUT2D eigenvalue weighted by molar-refractivity contribution is 0.434. The average Bonchev–Trinajstić information content (AvgIpc) is 3.34. The second-order valence-electron chi connectivity index (χ2n) is 11.1. The number of aryl methyl sites for hydroxylation is 1. The largest absolute Gasteiger partial charge is 0.342 e. The summed E-state index contributed by atoms with van der Waals surface area (Å²) in [4.78, 5) is 16.4. The number of hydrogen-bond donors (Lipinski definition) is 2. The highest BCUT2D eigenvalue weighted by atomic mass is 35.5. The quantitative estimate of drug-likeness (QED) is 0.136. The van der Waals surface area contributed by atoms with Gasteiger partial charge in [0.1, 0.15) is 0 Å². The highest BCUT2D eigenvalue weighted by Crippen LogP contribution is 2.26. The molecule has 3 heterocycles. The second-order valence-corrected chi connectivity index (χ2v) is 11.5. The number of hydrogen-bond acceptors (Lipinski definition) is 7. The fourth-order valence-corrected chi connectivity index (χ4v) is 5.41. The number of halogens is 2. The Morgan fingerprint density at radius 1 is 0.930 bits per heavy atom. The van der Waals surface area contributed by atoms with Gasteiger partial charge in [-0.05, 0) is 73.6 Å². The Morgan fingerprint density at radius 2 is 1.67 bits per heavy atom. The lowest BCUT2D eigenvalue weighted by Crippen LogP contribution is -2.34. The Hall–Kier alpha value is -4.14. The van der Waals surface area contributed by atoms with Crippen molar-refractivity contribution >= 4 is 64.7 Å². The minimum atomic E-state index is 0. The summed E-state index contributed by atoms with van der Waals surface area (Å²) in [6, 6.07) is 22.5. The van der Waals surface area contributed by atoms with Gasteiger partial charge in [0.15, 0.2) is 0 Å². The van der Waals surface area contributed by atoms with Crippen LogP contribution in [-0.2, 0) is 6.54 Å². The molecule has 43 heavy (non-hydrogen) atoms. The van der Waals surface area contributed by atoms with Gasteiger partial charge in [0.25, 0.3) is 0 Å². The van der Waals surface area contributed by atoms with E-state index in [0.29, 0.717) is 23.8 Å². The summed E-state index contributed by atoms with van der Waals surface area (Å²) in [6.45, 7) is 9.07. The first kappa shape index (κ1) is 30.3. The third-order valence-corrected chi connectivity index (χ3v) is 8.25. The van der Waals surface area contributed by atoms with E-state index in [1.165, 1.54) is 11.1 Å². The molecule has 2 N–H and O–H groups in total. The smallest absolute Gasteiger partial charge is 0.250 e. The third-order valence-electron chi connectivity index (χ3n) is 7.99. The van der Waals surface area contributed by atoms with Crippen LogP contribution in [0.4, 0.5) is 23.5 Å². The maximum Gasteiger partial charge on any atom is 0.250 e. The first-order chi connectivity index (χ1) is 20.4. The number of nitrogens with zero attached hydrogens (tertiary/aromatic N) is 6. The van der Waals surface area contributed by atoms with Gasteiger partial charge in [0.2, 0.25) is 17.8 Å². The van der Waals surface area contributed by atoms with Crippen LogP contribution < -0.4 is 15.6 Å². The Labute approximate surface area is 263 Å². The second kappa shape index (κ2) is 13.4. The van der Waals surface area contributed by atoms with Crippen LogP contribution in [-0.4, -0.2) is 38.8 Å². The molecular weight excluding hydrogens is 579 g/mol. The molecule has 0 saturated carbocycles. The maximum atomic E-state index is 6.09. The molecule has 3 aromatic carbocycles. The maximum absolute atomic E-state index is 6.09. The van der Waals surface area contributed by atoms with Crippen LogP contribution in [0.1, 0.15) is 42.0 Å². The molecular formula is C33H36Cl2N8. The number of fused-ring (bicyclic) bond motifs is 1. The number of benzene rings is 3. The van der Waals surface area contributed by atoms with Crippen molar-refractivity contribution in [3.63, 3.8) is 0 Å². The number of aromatic nitrogens is 4. The molecule has 1 saturated heterocycles. The first-order valence-electron chi connectivity index (χ1n) is 14.4. The van der Waals surface area contributed by atoms with Crippen molar-refractivity contribution in [2.24, 2.45) is 11.0 Å². The summed E-state index contributed by atoms with van der Waals surface area (Å²) < 4.78 is 2.23. The Morgan fingerprint density at radius 3 is 2.47 bits per heavy atom. The molecule has 1 fully saturated rings. The minimum Gasteiger partial charge on any atom is -0.342 e. The van der Waals surface area contributed by atoms with E-state index in [2.05, 4.69) is 93.7 Å². The minimum absolute atomic E-state index is 0.